The summed E-state index contributed by atoms with van der Waals surface area (Å²) in [6, 6.07) is 20.8. The number of aromatic nitrogens is 1. The van der Waals surface area contributed by atoms with Gasteiger partial charge in [0.15, 0.2) is 0 Å². The number of carbonyl (C=O) groups excluding carboxylic acids is 1. The second-order valence-electron chi connectivity index (χ2n) is 7.29. The van der Waals surface area contributed by atoms with Gasteiger partial charge in [-0.15, -0.1) is 11.3 Å². The first-order valence-electron chi connectivity index (χ1n) is 10.1. The van der Waals surface area contributed by atoms with Crippen LogP contribution in [-0.4, -0.2) is 30.3 Å². The second-order valence-corrected chi connectivity index (χ2v) is 8.21. The topological polar surface area (TPSA) is 63.7 Å². The number of hydrogen-bond donors (Lipinski definition) is 1. The van der Waals surface area contributed by atoms with E-state index in [4.69, 9.17) is 9.47 Å². The van der Waals surface area contributed by atoms with E-state index in [1.54, 1.807) is 23.5 Å². The summed E-state index contributed by atoms with van der Waals surface area (Å²) in [6.07, 6.45) is 2.03. The molecule has 1 fully saturated rings. The van der Waals surface area contributed by atoms with E-state index in [1.165, 1.54) is 4.70 Å². The molecule has 0 bridgehead atoms. The third-order valence-corrected chi connectivity index (χ3v) is 6.09. The Morgan fingerprint density at radius 3 is 2.68 bits per heavy atom. The molecule has 1 saturated heterocycles. The average molecular weight is 432 g/mol. The van der Waals surface area contributed by atoms with Crippen LogP contribution in [0, 0.1) is 0 Å². The minimum Gasteiger partial charge on any atom is -0.457 e. The number of amides is 1. The first-order chi connectivity index (χ1) is 15.2. The van der Waals surface area contributed by atoms with E-state index in [0.29, 0.717) is 18.0 Å². The highest BCUT2D eigenvalue weighted by atomic mass is 32.1. The van der Waals surface area contributed by atoms with Gasteiger partial charge in [0, 0.05) is 24.8 Å². The predicted molar refractivity (Wildman–Crippen MR) is 123 cm³/mol. The van der Waals surface area contributed by atoms with Crippen LogP contribution in [0.15, 0.2) is 78.3 Å². The number of nitrogens with zero attached hydrogens (tertiary/aromatic N) is 2. The van der Waals surface area contributed by atoms with Crippen LogP contribution >= 0.6 is 11.3 Å². The molecule has 2 aromatic heterocycles. The summed E-state index contributed by atoms with van der Waals surface area (Å²) in [5.41, 5.74) is 2.82. The molecular formula is C24H21N3O3S. The third-order valence-electron chi connectivity index (χ3n) is 5.16. The van der Waals surface area contributed by atoms with E-state index in [0.717, 1.165) is 29.9 Å². The fraction of sp³-hybridized carbons (Fsp3) is 0.167. The maximum absolute atomic E-state index is 12.4. The zero-order chi connectivity index (χ0) is 21.0. The molecule has 0 saturated carbocycles. The molecule has 4 aromatic rings. The summed E-state index contributed by atoms with van der Waals surface area (Å²) in [5.74, 6) is 1.47. The van der Waals surface area contributed by atoms with E-state index < -0.39 is 6.09 Å². The fourth-order valence-electron chi connectivity index (χ4n) is 3.68. The van der Waals surface area contributed by atoms with Crippen LogP contribution in [0.2, 0.25) is 0 Å². The quantitative estimate of drug-likeness (QED) is 0.425. The van der Waals surface area contributed by atoms with Gasteiger partial charge in [0.25, 0.3) is 0 Å². The lowest BCUT2D eigenvalue weighted by molar-refractivity contribution is 0.122. The highest BCUT2D eigenvalue weighted by molar-refractivity contribution is 7.17. The van der Waals surface area contributed by atoms with Crippen LogP contribution in [0.3, 0.4) is 0 Å². The van der Waals surface area contributed by atoms with Gasteiger partial charge in [-0.2, -0.15) is 0 Å². The van der Waals surface area contributed by atoms with Gasteiger partial charge < -0.3 is 14.4 Å². The molecular weight excluding hydrogens is 410 g/mol. The molecule has 1 amide bonds. The summed E-state index contributed by atoms with van der Waals surface area (Å²) in [6.45, 7) is 1.52. The Kier molecular flexibility index (Phi) is 5.41. The van der Waals surface area contributed by atoms with Gasteiger partial charge in [-0.25, -0.2) is 4.79 Å². The molecule has 1 unspecified atom stereocenters. The van der Waals surface area contributed by atoms with Crippen molar-refractivity contribution < 1.29 is 14.3 Å². The van der Waals surface area contributed by atoms with Gasteiger partial charge in [-0.1, -0.05) is 18.2 Å². The van der Waals surface area contributed by atoms with Crippen LogP contribution in [-0.2, 0) is 4.74 Å². The largest absolute Gasteiger partial charge is 0.457 e. The van der Waals surface area contributed by atoms with Crippen LogP contribution in [0.4, 0.5) is 16.2 Å². The van der Waals surface area contributed by atoms with Gasteiger partial charge in [0.2, 0.25) is 0 Å². The van der Waals surface area contributed by atoms with Crippen molar-refractivity contribution in [1.29, 1.82) is 0 Å². The molecule has 0 radical (unpaired) electrons. The number of benzene rings is 2. The van der Waals surface area contributed by atoms with Crippen LogP contribution in [0.25, 0.3) is 10.2 Å². The van der Waals surface area contributed by atoms with Gasteiger partial charge in [0.1, 0.15) is 17.6 Å². The zero-order valence-electron chi connectivity index (χ0n) is 16.7. The van der Waals surface area contributed by atoms with Crippen molar-refractivity contribution in [1.82, 2.24) is 4.98 Å². The highest BCUT2D eigenvalue weighted by Crippen LogP contribution is 2.32. The lowest BCUT2D eigenvalue weighted by Gasteiger charge is -2.19. The first kappa shape index (κ1) is 19.4. The Morgan fingerprint density at radius 1 is 1.03 bits per heavy atom. The Morgan fingerprint density at radius 2 is 1.84 bits per heavy atom. The summed E-state index contributed by atoms with van der Waals surface area (Å²) >= 11 is 1.68. The van der Waals surface area contributed by atoms with E-state index in [2.05, 4.69) is 20.6 Å². The molecule has 2 aromatic carbocycles. The molecule has 156 valence electrons. The molecule has 0 aliphatic carbocycles. The number of ether oxygens (including phenoxy) is 2. The average Bonchev–Trinajstić information content (AvgIpc) is 3.45. The molecule has 1 atom stereocenters. The summed E-state index contributed by atoms with van der Waals surface area (Å²) in [7, 11) is 0. The summed E-state index contributed by atoms with van der Waals surface area (Å²) < 4.78 is 12.6. The first-order valence-corrected chi connectivity index (χ1v) is 11.0. The normalized spacial score (nSPS) is 15.7. The predicted octanol–water partition coefficient (Wildman–Crippen LogP) is 5.92. The van der Waals surface area contributed by atoms with Crippen molar-refractivity contribution in [3.05, 3.63) is 78.3 Å². The number of fused-ring (bicyclic) bond motifs is 1. The minimum absolute atomic E-state index is 0.149. The SMILES string of the molecule is O=C(Nc1ccc(Oc2ccccc2)cc1)OC1CCN(c2ccnc3ccsc23)C1. The number of anilines is 2. The standard InChI is InChI=1S/C24H21N3O3S/c28-24(26-17-6-8-19(9-7-17)29-18-4-2-1-3-5-18)30-20-11-14-27(16-20)22-10-13-25-21-12-15-31-23(21)22/h1-10,12-13,15,20H,11,14,16H2,(H,26,28). The Bertz CT molecular complexity index is 1180. The highest BCUT2D eigenvalue weighted by Gasteiger charge is 2.27. The van der Waals surface area contributed by atoms with E-state index in [-0.39, 0.29) is 6.10 Å². The van der Waals surface area contributed by atoms with Crippen molar-refractivity contribution in [2.45, 2.75) is 12.5 Å². The zero-order valence-corrected chi connectivity index (χ0v) is 17.5. The molecule has 3 heterocycles. The van der Waals surface area contributed by atoms with E-state index >= 15 is 0 Å². The van der Waals surface area contributed by atoms with Crippen molar-refractivity contribution in [3.8, 4) is 11.5 Å². The molecule has 5 rings (SSSR count). The van der Waals surface area contributed by atoms with Crippen LogP contribution in [0.1, 0.15) is 6.42 Å². The van der Waals surface area contributed by atoms with Gasteiger partial charge >= 0.3 is 6.09 Å². The summed E-state index contributed by atoms with van der Waals surface area (Å²) in [4.78, 5) is 19.0. The number of rotatable bonds is 5. The molecule has 31 heavy (non-hydrogen) atoms. The van der Waals surface area contributed by atoms with Gasteiger partial charge in [0.05, 0.1) is 22.4 Å². The third kappa shape index (κ3) is 4.46. The molecule has 1 aliphatic heterocycles. The Hall–Kier alpha value is -3.58. The van der Waals surface area contributed by atoms with Gasteiger partial charge in [-0.3, -0.25) is 10.3 Å². The maximum atomic E-state index is 12.4. The van der Waals surface area contributed by atoms with Crippen LogP contribution < -0.4 is 15.0 Å². The van der Waals surface area contributed by atoms with Crippen molar-refractivity contribution >= 4 is 39.0 Å². The Balaban J connectivity index is 1.15. The molecule has 6 nitrogen and oxygen atoms in total. The van der Waals surface area contributed by atoms with E-state index in [9.17, 15) is 4.79 Å². The second kappa shape index (κ2) is 8.65. The van der Waals surface area contributed by atoms with E-state index in [1.807, 2.05) is 60.8 Å². The van der Waals surface area contributed by atoms with Crippen molar-refractivity contribution in [2.24, 2.45) is 0 Å². The smallest absolute Gasteiger partial charge is 0.411 e. The molecule has 1 aliphatic rings. The van der Waals surface area contributed by atoms with Crippen molar-refractivity contribution in [3.63, 3.8) is 0 Å². The molecule has 0 spiro atoms. The lowest BCUT2D eigenvalue weighted by Crippen LogP contribution is -2.26. The van der Waals surface area contributed by atoms with Gasteiger partial charge in [-0.05, 0) is 53.9 Å². The summed E-state index contributed by atoms with van der Waals surface area (Å²) in [5, 5.41) is 4.85. The molecule has 7 heteroatoms. The number of para-hydroxylation sites is 1. The maximum Gasteiger partial charge on any atom is 0.411 e. The van der Waals surface area contributed by atoms with Crippen molar-refractivity contribution in [2.75, 3.05) is 23.3 Å². The molecule has 1 N–H and O–H groups in total. The number of pyridine rings is 1. The number of hydrogen-bond acceptors (Lipinski definition) is 6. The number of carbonyl (C=O) groups is 1. The number of nitrogens with one attached hydrogen (secondary N) is 1. The van der Waals surface area contributed by atoms with Crippen LogP contribution in [0.5, 0.6) is 11.5 Å². The fourth-order valence-corrected chi connectivity index (χ4v) is 4.57. The number of thiophene rings is 1. The Labute approximate surface area is 184 Å². The lowest BCUT2D eigenvalue weighted by atomic mass is 10.3. The minimum atomic E-state index is -0.445. The monoisotopic (exact) mass is 431 g/mol.